The fraction of sp³-hybridized carbons (Fsp3) is 0.407. The van der Waals surface area contributed by atoms with Gasteiger partial charge in [0.15, 0.2) is 0 Å². The van der Waals surface area contributed by atoms with E-state index >= 15 is 0 Å². The first-order valence-electron chi connectivity index (χ1n) is 11.4. The van der Waals surface area contributed by atoms with Crippen LogP contribution in [0.15, 0.2) is 66.9 Å². The van der Waals surface area contributed by atoms with Gasteiger partial charge >= 0.3 is 0 Å². The van der Waals surface area contributed by atoms with Crippen molar-refractivity contribution in [3.63, 3.8) is 0 Å². The summed E-state index contributed by atoms with van der Waals surface area (Å²) in [5, 5.41) is 0. The molecule has 0 aliphatic carbocycles. The molecule has 3 aromatic rings. The standard InChI is InChI=1S/C27H35N3O/c1-23-6-3-8-25(18-23)20-29(13-12-28-14-16-31-17-15-28)22-27-10-5-11-30(27)21-26-9-4-7-24(2)19-26/h3-11,18-19H,12-17,20-22H2,1-2H3. The molecule has 0 amide bonds. The first-order valence-corrected chi connectivity index (χ1v) is 11.4. The molecule has 0 unspecified atom stereocenters. The average molecular weight is 418 g/mol. The number of hydrogen-bond acceptors (Lipinski definition) is 3. The molecule has 31 heavy (non-hydrogen) atoms. The SMILES string of the molecule is Cc1cccc(CN(CCN2CCOCC2)Cc2cccn2Cc2cccc(C)c2)c1. The molecular weight excluding hydrogens is 382 g/mol. The van der Waals surface area contributed by atoms with Crippen molar-refractivity contribution in [2.45, 2.75) is 33.5 Å². The molecule has 0 spiro atoms. The van der Waals surface area contributed by atoms with Crippen LogP contribution in [0.1, 0.15) is 27.9 Å². The van der Waals surface area contributed by atoms with Gasteiger partial charge in [0, 0.05) is 57.7 Å². The predicted molar refractivity (Wildman–Crippen MR) is 127 cm³/mol. The third-order valence-electron chi connectivity index (χ3n) is 6.07. The molecule has 4 rings (SSSR count). The van der Waals surface area contributed by atoms with Crippen molar-refractivity contribution in [1.82, 2.24) is 14.4 Å². The largest absolute Gasteiger partial charge is 0.379 e. The van der Waals surface area contributed by atoms with Gasteiger partial charge in [-0.2, -0.15) is 0 Å². The molecule has 0 radical (unpaired) electrons. The normalized spacial score (nSPS) is 14.9. The fourth-order valence-electron chi connectivity index (χ4n) is 4.37. The van der Waals surface area contributed by atoms with Crippen LogP contribution in [0.3, 0.4) is 0 Å². The van der Waals surface area contributed by atoms with Crippen molar-refractivity contribution in [2.24, 2.45) is 0 Å². The molecule has 0 bridgehead atoms. The third kappa shape index (κ3) is 6.54. The molecule has 1 fully saturated rings. The zero-order chi connectivity index (χ0) is 21.5. The third-order valence-corrected chi connectivity index (χ3v) is 6.07. The van der Waals surface area contributed by atoms with Gasteiger partial charge in [-0.3, -0.25) is 9.80 Å². The van der Waals surface area contributed by atoms with Crippen molar-refractivity contribution in [2.75, 3.05) is 39.4 Å². The van der Waals surface area contributed by atoms with Gasteiger partial charge in [0.25, 0.3) is 0 Å². The van der Waals surface area contributed by atoms with Crippen LogP contribution < -0.4 is 0 Å². The van der Waals surface area contributed by atoms with E-state index in [2.05, 4.69) is 95.1 Å². The lowest BCUT2D eigenvalue weighted by Gasteiger charge is -2.30. The van der Waals surface area contributed by atoms with E-state index in [9.17, 15) is 0 Å². The Morgan fingerprint density at radius 3 is 2.29 bits per heavy atom. The first-order chi connectivity index (χ1) is 15.2. The van der Waals surface area contributed by atoms with E-state index in [1.54, 1.807) is 0 Å². The average Bonchev–Trinajstić information content (AvgIpc) is 3.19. The molecule has 1 aliphatic rings. The second-order valence-electron chi connectivity index (χ2n) is 8.77. The fourth-order valence-corrected chi connectivity index (χ4v) is 4.37. The number of rotatable bonds is 9. The number of benzene rings is 2. The summed E-state index contributed by atoms with van der Waals surface area (Å²) in [5.41, 5.74) is 6.76. The molecule has 2 heterocycles. The zero-order valence-corrected chi connectivity index (χ0v) is 19.0. The monoisotopic (exact) mass is 417 g/mol. The van der Waals surface area contributed by atoms with Gasteiger partial charge < -0.3 is 9.30 Å². The summed E-state index contributed by atoms with van der Waals surface area (Å²) < 4.78 is 7.92. The maximum absolute atomic E-state index is 5.52. The highest BCUT2D eigenvalue weighted by molar-refractivity contribution is 5.24. The van der Waals surface area contributed by atoms with Crippen molar-refractivity contribution < 1.29 is 4.74 Å². The maximum atomic E-state index is 5.52. The lowest BCUT2D eigenvalue weighted by atomic mass is 10.1. The summed E-state index contributed by atoms with van der Waals surface area (Å²) >= 11 is 0. The second-order valence-corrected chi connectivity index (χ2v) is 8.77. The number of aryl methyl sites for hydroxylation is 2. The highest BCUT2D eigenvalue weighted by Crippen LogP contribution is 2.15. The quantitative estimate of drug-likeness (QED) is 0.512. The zero-order valence-electron chi connectivity index (χ0n) is 19.0. The topological polar surface area (TPSA) is 20.6 Å². The van der Waals surface area contributed by atoms with Gasteiger partial charge in [0.1, 0.15) is 0 Å². The second kappa shape index (κ2) is 10.8. The number of nitrogens with zero attached hydrogens (tertiary/aromatic N) is 3. The van der Waals surface area contributed by atoms with Crippen LogP contribution in [-0.4, -0.2) is 53.8 Å². The minimum Gasteiger partial charge on any atom is -0.379 e. The number of aromatic nitrogens is 1. The summed E-state index contributed by atoms with van der Waals surface area (Å²) in [5.74, 6) is 0. The number of morpholine rings is 1. The van der Waals surface area contributed by atoms with E-state index < -0.39 is 0 Å². The smallest absolute Gasteiger partial charge is 0.0594 e. The molecule has 2 aromatic carbocycles. The first kappa shape index (κ1) is 21.8. The lowest BCUT2D eigenvalue weighted by molar-refractivity contribution is 0.0324. The minimum absolute atomic E-state index is 0.858. The van der Waals surface area contributed by atoms with Crippen molar-refractivity contribution in [1.29, 1.82) is 0 Å². The molecule has 1 aromatic heterocycles. The Morgan fingerprint density at radius 2 is 1.55 bits per heavy atom. The van der Waals surface area contributed by atoms with Crippen LogP contribution >= 0.6 is 0 Å². The highest BCUT2D eigenvalue weighted by atomic mass is 16.5. The number of ether oxygens (including phenoxy) is 1. The van der Waals surface area contributed by atoms with E-state index in [1.807, 2.05) is 0 Å². The van der Waals surface area contributed by atoms with Crippen molar-refractivity contribution >= 4 is 0 Å². The van der Waals surface area contributed by atoms with Crippen LogP contribution in [0, 0.1) is 13.8 Å². The lowest BCUT2D eigenvalue weighted by Crippen LogP contribution is -2.41. The van der Waals surface area contributed by atoms with Crippen LogP contribution in [0.25, 0.3) is 0 Å². The van der Waals surface area contributed by atoms with E-state index in [1.165, 1.54) is 27.9 Å². The molecule has 1 aliphatic heterocycles. The van der Waals surface area contributed by atoms with Crippen LogP contribution in [-0.2, 0) is 24.4 Å². The van der Waals surface area contributed by atoms with Gasteiger partial charge in [-0.15, -0.1) is 0 Å². The molecule has 0 saturated carbocycles. The molecule has 164 valence electrons. The molecule has 1 saturated heterocycles. The Labute approximate surface area is 187 Å². The molecule has 0 atom stereocenters. The summed E-state index contributed by atoms with van der Waals surface area (Å²) in [6, 6.07) is 22.2. The van der Waals surface area contributed by atoms with E-state index in [0.29, 0.717) is 0 Å². The van der Waals surface area contributed by atoms with Crippen molar-refractivity contribution in [3.8, 4) is 0 Å². The van der Waals surface area contributed by atoms with Gasteiger partial charge in [-0.05, 0) is 37.1 Å². The van der Waals surface area contributed by atoms with Crippen LogP contribution in [0.2, 0.25) is 0 Å². The van der Waals surface area contributed by atoms with Gasteiger partial charge in [0.2, 0.25) is 0 Å². The van der Waals surface area contributed by atoms with Gasteiger partial charge in [0.05, 0.1) is 13.2 Å². The highest BCUT2D eigenvalue weighted by Gasteiger charge is 2.15. The molecule has 4 nitrogen and oxygen atoms in total. The van der Waals surface area contributed by atoms with Gasteiger partial charge in [-0.1, -0.05) is 59.7 Å². The Morgan fingerprint density at radius 1 is 0.839 bits per heavy atom. The summed E-state index contributed by atoms with van der Waals surface area (Å²) in [6.45, 7) is 13.1. The summed E-state index contributed by atoms with van der Waals surface area (Å²) in [7, 11) is 0. The Hall–Kier alpha value is -2.40. The Bertz CT molecular complexity index is 958. The Balaban J connectivity index is 1.46. The Kier molecular flexibility index (Phi) is 7.57. The van der Waals surface area contributed by atoms with Crippen LogP contribution in [0.4, 0.5) is 0 Å². The predicted octanol–water partition coefficient (Wildman–Crippen LogP) is 4.49. The molecule has 0 N–H and O–H groups in total. The van der Waals surface area contributed by atoms with E-state index in [0.717, 1.165) is 59.0 Å². The number of hydrogen-bond donors (Lipinski definition) is 0. The van der Waals surface area contributed by atoms with Gasteiger partial charge in [-0.25, -0.2) is 0 Å². The summed E-state index contributed by atoms with van der Waals surface area (Å²) in [6.07, 6.45) is 2.21. The molecule has 4 heteroatoms. The maximum Gasteiger partial charge on any atom is 0.0594 e. The summed E-state index contributed by atoms with van der Waals surface area (Å²) in [4.78, 5) is 5.12. The molecular formula is C27H35N3O. The minimum atomic E-state index is 0.858. The van der Waals surface area contributed by atoms with E-state index in [-0.39, 0.29) is 0 Å². The van der Waals surface area contributed by atoms with Crippen molar-refractivity contribution in [3.05, 3.63) is 94.8 Å². The van der Waals surface area contributed by atoms with Crippen LogP contribution in [0.5, 0.6) is 0 Å². The van der Waals surface area contributed by atoms with E-state index in [4.69, 9.17) is 4.74 Å².